The molecular formula is C12H18O5. The van der Waals surface area contributed by atoms with Crippen molar-refractivity contribution in [3.05, 3.63) is 0 Å². The molecule has 1 aliphatic carbocycles. The molecule has 0 heterocycles. The molecule has 0 aromatic carbocycles. The lowest BCUT2D eigenvalue weighted by Crippen LogP contribution is -2.45. The van der Waals surface area contributed by atoms with Crippen molar-refractivity contribution >= 4 is 17.7 Å². The predicted molar refractivity (Wildman–Crippen MR) is 59.2 cm³/mol. The van der Waals surface area contributed by atoms with Crippen molar-refractivity contribution in [1.82, 2.24) is 0 Å². The van der Waals surface area contributed by atoms with Crippen molar-refractivity contribution in [2.75, 3.05) is 13.2 Å². The fourth-order valence-electron chi connectivity index (χ4n) is 2.07. The fraction of sp³-hybridized carbons (Fsp3) is 0.750. The second kappa shape index (κ2) is 5.80. The summed E-state index contributed by atoms with van der Waals surface area (Å²) in [6, 6.07) is 0. The van der Waals surface area contributed by atoms with Crippen LogP contribution in [-0.2, 0) is 23.9 Å². The number of hydrogen-bond acceptors (Lipinski definition) is 5. The molecule has 0 aromatic heterocycles. The van der Waals surface area contributed by atoms with Gasteiger partial charge in [-0.25, -0.2) is 0 Å². The van der Waals surface area contributed by atoms with E-state index in [0.29, 0.717) is 19.3 Å². The summed E-state index contributed by atoms with van der Waals surface area (Å²) in [4.78, 5) is 35.3. The summed E-state index contributed by atoms with van der Waals surface area (Å²) in [6.07, 6.45) is 1.18. The highest BCUT2D eigenvalue weighted by atomic mass is 16.6. The lowest BCUT2D eigenvalue weighted by Gasteiger charge is -2.31. The molecule has 1 saturated carbocycles. The summed E-state index contributed by atoms with van der Waals surface area (Å²) in [5.41, 5.74) is -1.40. The Morgan fingerprint density at radius 2 is 1.71 bits per heavy atom. The Kier molecular flexibility index (Phi) is 4.66. The summed E-state index contributed by atoms with van der Waals surface area (Å²) in [7, 11) is 0. The van der Waals surface area contributed by atoms with Gasteiger partial charge < -0.3 is 9.47 Å². The standard InChI is InChI=1S/C12H18O5/c1-3-16-10(14)12(11(15)17-4-2)7-5-6-9(13)8-12/h3-8H2,1-2H3. The second-order valence-electron chi connectivity index (χ2n) is 4.09. The van der Waals surface area contributed by atoms with Crippen molar-refractivity contribution < 1.29 is 23.9 Å². The largest absolute Gasteiger partial charge is 0.465 e. The monoisotopic (exact) mass is 242 g/mol. The molecule has 0 spiro atoms. The number of esters is 2. The number of rotatable bonds is 4. The van der Waals surface area contributed by atoms with Gasteiger partial charge in [-0.15, -0.1) is 0 Å². The van der Waals surface area contributed by atoms with Crippen molar-refractivity contribution in [2.24, 2.45) is 5.41 Å². The van der Waals surface area contributed by atoms with Crippen molar-refractivity contribution in [2.45, 2.75) is 39.5 Å². The molecule has 1 aliphatic rings. The van der Waals surface area contributed by atoms with Crippen LogP contribution in [0.15, 0.2) is 0 Å². The predicted octanol–water partition coefficient (Wildman–Crippen LogP) is 1.24. The molecule has 0 aliphatic heterocycles. The first-order chi connectivity index (χ1) is 8.06. The topological polar surface area (TPSA) is 69.7 Å². The van der Waals surface area contributed by atoms with Crippen molar-refractivity contribution in [3.8, 4) is 0 Å². The maximum atomic E-state index is 11.9. The summed E-state index contributed by atoms with van der Waals surface area (Å²) >= 11 is 0. The van der Waals surface area contributed by atoms with Crippen LogP contribution in [0.3, 0.4) is 0 Å². The van der Waals surface area contributed by atoms with Crippen LogP contribution in [0, 0.1) is 5.41 Å². The van der Waals surface area contributed by atoms with E-state index in [1.807, 2.05) is 0 Å². The maximum Gasteiger partial charge on any atom is 0.323 e. The number of ether oxygens (including phenoxy) is 2. The minimum absolute atomic E-state index is 0.0858. The molecule has 0 unspecified atom stereocenters. The van der Waals surface area contributed by atoms with Gasteiger partial charge in [0.2, 0.25) is 0 Å². The third kappa shape index (κ3) is 2.84. The van der Waals surface area contributed by atoms with E-state index in [-0.39, 0.29) is 25.4 Å². The van der Waals surface area contributed by atoms with Gasteiger partial charge in [0.25, 0.3) is 0 Å². The molecule has 0 radical (unpaired) electrons. The van der Waals surface area contributed by atoms with E-state index in [1.165, 1.54) is 0 Å². The van der Waals surface area contributed by atoms with E-state index in [9.17, 15) is 14.4 Å². The smallest absolute Gasteiger partial charge is 0.323 e. The molecule has 0 N–H and O–H groups in total. The minimum atomic E-state index is -1.40. The highest BCUT2D eigenvalue weighted by molar-refractivity contribution is 6.04. The number of hydrogen-bond donors (Lipinski definition) is 0. The minimum Gasteiger partial charge on any atom is -0.465 e. The van der Waals surface area contributed by atoms with Crippen LogP contribution in [0.2, 0.25) is 0 Å². The van der Waals surface area contributed by atoms with E-state index in [2.05, 4.69) is 0 Å². The summed E-state index contributed by atoms with van der Waals surface area (Å²) < 4.78 is 9.82. The molecule has 1 rings (SSSR count). The molecule has 17 heavy (non-hydrogen) atoms. The van der Waals surface area contributed by atoms with Crippen LogP contribution < -0.4 is 0 Å². The van der Waals surface area contributed by atoms with Gasteiger partial charge in [-0.1, -0.05) is 0 Å². The third-order valence-electron chi connectivity index (χ3n) is 2.89. The van der Waals surface area contributed by atoms with E-state index < -0.39 is 17.4 Å². The number of ketones is 1. The van der Waals surface area contributed by atoms with Gasteiger partial charge >= 0.3 is 11.9 Å². The maximum absolute atomic E-state index is 11.9. The summed E-state index contributed by atoms with van der Waals surface area (Å²) in [6.45, 7) is 3.71. The molecule has 96 valence electrons. The number of carbonyl (C=O) groups is 3. The Morgan fingerprint density at radius 3 is 2.12 bits per heavy atom. The van der Waals surface area contributed by atoms with Gasteiger partial charge in [-0.05, 0) is 26.7 Å². The molecule has 5 nitrogen and oxygen atoms in total. The number of carbonyl (C=O) groups excluding carboxylic acids is 3. The molecule has 0 bridgehead atoms. The van der Waals surface area contributed by atoms with Gasteiger partial charge in [0, 0.05) is 12.8 Å². The van der Waals surface area contributed by atoms with Gasteiger partial charge in [0.1, 0.15) is 5.78 Å². The first-order valence-electron chi connectivity index (χ1n) is 5.93. The number of Topliss-reactive ketones (excluding diaryl/α,β-unsaturated/α-hetero) is 1. The van der Waals surface area contributed by atoms with Gasteiger partial charge in [0.05, 0.1) is 13.2 Å². The molecular weight excluding hydrogens is 224 g/mol. The summed E-state index contributed by atoms with van der Waals surface area (Å²) in [5, 5.41) is 0. The highest BCUT2D eigenvalue weighted by Gasteiger charge is 2.51. The molecule has 0 atom stereocenters. The van der Waals surface area contributed by atoms with Gasteiger partial charge in [-0.3, -0.25) is 14.4 Å². The van der Waals surface area contributed by atoms with Crippen molar-refractivity contribution in [3.63, 3.8) is 0 Å². The first-order valence-corrected chi connectivity index (χ1v) is 5.93. The molecule has 0 aromatic rings. The Hall–Kier alpha value is -1.39. The third-order valence-corrected chi connectivity index (χ3v) is 2.89. The van der Waals surface area contributed by atoms with E-state index >= 15 is 0 Å². The zero-order valence-corrected chi connectivity index (χ0v) is 10.3. The summed E-state index contributed by atoms with van der Waals surface area (Å²) in [5.74, 6) is -1.35. The lowest BCUT2D eigenvalue weighted by atomic mass is 9.73. The van der Waals surface area contributed by atoms with Crippen LogP contribution >= 0.6 is 0 Å². The van der Waals surface area contributed by atoms with Crippen LogP contribution in [-0.4, -0.2) is 30.9 Å². The zero-order valence-electron chi connectivity index (χ0n) is 10.3. The Balaban J connectivity index is 2.94. The average molecular weight is 242 g/mol. The van der Waals surface area contributed by atoms with Crippen LogP contribution in [0.4, 0.5) is 0 Å². The van der Waals surface area contributed by atoms with E-state index in [1.54, 1.807) is 13.8 Å². The Labute approximate surface area is 100 Å². The second-order valence-corrected chi connectivity index (χ2v) is 4.09. The molecule has 5 heteroatoms. The quantitative estimate of drug-likeness (QED) is 0.548. The first kappa shape index (κ1) is 13.7. The lowest BCUT2D eigenvalue weighted by molar-refractivity contribution is -0.176. The normalized spacial score (nSPS) is 18.6. The van der Waals surface area contributed by atoms with Crippen LogP contribution in [0.1, 0.15) is 39.5 Å². The van der Waals surface area contributed by atoms with Gasteiger partial charge in [-0.2, -0.15) is 0 Å². The Morgan fingerprint density at radius 1 is 1.18 bits per heavy atom. The molecule has 0 saturated heterocycles. The SMILES string of the molecule is CCOC(=O)C1(C(=O)OCC)CCCC(=O)C1. The van der Waals surface area contributed by atoms with Crippen LogP contribution in [0.5, 0.6) is 0 Å². The fourth-order valence-corrected chi connectivity index (χ4v) is 2.07. The highest BCUT2D eigenvalue weighted by Crippen LogP contribution is 2.37. The Bertz CT molecular complexity index is 303. The average Bonchev–Trinajstić information content (AvgIpc) is 2.29. The van der Waals surface area contributed by atoms with Crippen molar-refractivity contribution in [1.29, 1.82) is 0 Å². The van der Waals surface area contributed by atoms with Crippen LogP contribution in [0.25, 0.3) is 0 Å². The zero-order chi connectivity index (χ0) is 12.9. The van der Waals surface area contributed by atoms with Gasteiger partial charge in [0.15, 0.2) is 5.41 Å². The molecule has 0 amide bonds. The van der Waals surface area contributed by atoms with E-state index in [4.69, 9.17) is 9.47 Å². The van der Waals surface area contributed by atoms with E-state index in [0.717, 1.165) is 0 Å². The molecule has 1 fully saturated rings.